The summed E-state index contributed by atoms with van der Waals surface area (Å²) >= 11 is 1.49. The Labute approximate surface area is 202 Å². The molecule has 0 aliphatic heterocycles. The molecule has 0 aliphatic rings. The zero-order chi connectivity index (χ0) is 24.1. The fourth-order valence-electron chi connectivity index (χ4n) is 3.16. The molecular formula is C25H23N3O4S2. The van der Waals surface area contributed by atoms with Crippen LogP contribution in [0.5, 0.6) is 0 Å². The van der Waals surface area contributed by atoms with Crippen LogP contribution in [0, 0.1) is 13.8 Å². The van der Waals surface area contributed by atoms with E-state index in [-0.39, 0.29) is 10.8 Å². The van der Waals surface area contributed by atoms with E-state index in [9.17, 15) is 13.2 Å². The number of hydrogen-bond acceptors (Lipinski definition) is 6. The maximum Gasteiger partial charge on any atom is 0.261 e. The third kappa shape index (κ3) is 5.86. The highest BCUT2D eigenvalue weighted by atomic mass is 32.2. The fraction of sp³-hybridized carbons (Fsp3) is 0.120. The van der Waals surface area contributed by atoms with E-state index < -0.39 is 10.0 Å². The van der Waals surface area contributed by atoms with Crippen LogP contribution in [0.1, 0.15) is 27.4 Å². The Morgan fingerprint density at radius 3 is 2.29 bits per heavy atom. The van der Waals surface area contributed by atoms with Crippen molar-refractivity contribution in [3.63, 3.8) is 0 Å². The summed E-state index contributed by atoms with van der Waals surface area (Å²) in [6, 6.07) is 22.3. The zero-order valence-corrected chi connectivity index (χ0v) is 20.2. The lowest BCUT2D eigenvalue weighted by Gasteiger charge is -2.11. The number of carbonyl (C=O) groups is 1. The highest BCUT2D eigenvalue weighted by molar-refractivity contribution is 7.98. The van der Waals surface area contributed by atoms with Crippen LogP contribution >= 0.6 is 11.8 Å². The second-order valence-corrected chi connectivity index (χ2v) is 10.4. The number of nitrogens with one attached hydrogen (secondary N) is 2. The number of hydrogen-bond donors (Lipinski definition) is 2. The van der Waals surface area contributed by atoms with Gasteiger partial charge in [0.1, 0.15) is 5.76 Å². The number of thioether (sulfide) groups is 1. The summed E-state index contributed by atoms with van der Waals surface area (Å²) in [6.07, 6.45) is 0. The monoisotopic (exact) mass is 493 g/mol. The molecule has 0 atom stereocenters. The van der Waals surface area contributed by atoms with Crippen molar-refractivity contribution in [1.82, 2.24) is 5.16 Å². The average Bonchev–Trinajstić information content (AvgIpc) is 3.24. The largest absolute Gasteiger partial charge is 0.360 e. The lowest BCUT2D eigenvalue weighted by Crippen LogP contribution is -2.14. The molecule has 1 aromatic heterocycles. The summed E-state index contributed by atoms with van der Waals surface area (Å²) in [4.78, 5) is 13.9. The van der Waals surface area contributed by atoms with Crippen molar-refractivity contribution in [2.75, 3.05) is 10.0 Å². The van der Waals surface area contributed by atoms with Crippen molar-refractivity contribution in [2.24, 2.45) is 0 Å². The molecule has 0 spiro atoms. The molecular weight excluding hydrogens is 470 g/mol. The smallest absolute Gasteiger partial charge is 0.261 e. The van der Waals surface area contributed by atoms with E-state index in [2.05, 4.69) is 15.2 Å². The van der Waals surface area contributed by atoms with Crippen LogP contribution in [-0.4, -0.2) is 19.5 Å². The van der Waals surface area contributed by atoms with Gasteiger partial charge in [-0.05, 0) is 62.4 Å². The van der Waals surface area contributed by atoms with Gasteiger partial charge < -0.3 is 9.84 Å². The van der Waals surface area contributed by atoms with Crippen molar-refractivity contribution in [3.8, 4) is 0 Å². The highest BCUT2D eigenvalue weighted by Crippen LogP contribution is 2.27. The van der Waals surface area contributed by atoms with Gasteiger partial charge in [0.05, 0.1) is 21.9 Å². The summed E-state index contributed by atoms with van der Waals surface area (Å²) in [5.74, 6) is 1.03. The van der Waals surface area contributed by atoms with Gasteiger partial charge in [0.2, 0.25) is 0 Å². The van der Waals surface area contributed by atoms with Crippen LogP contribution in [-0.2, 0) is 15.8 Å². The maximum atomic E-state index is 12.9. The first kappa shape index (κ1) is 23.6. The third-order valence-corrected chi connectivity index (χ3v) is 7.40. The van der Waals surface area contributed by atoms with Gasteiger partial charge in [0, 0.05) is 22.3 Å². The average molecular weight is 494 g/mol. The summed E-state index contributed by atoms with van der Waals surface area (Å²) < 4.78 is 32.9. The molecule has 34 heavy (non-hydrogen) atoms. The Kier molecular flexibility index (Phi) is 7.04. The molecule has 0 unspecified atom stereocenters. The zero-order valence-electron chi connectivity index (χ0n) is 18.6. The van der Waals surface area contributed by atoms with Crippen LogP contribution in [0.25, 0.3) is 0 Å². The topological polar surface area (TPSA) is 101 Å². The SMILES string of the molecule is Cc1ccc(S(=O)(=O)Nc2ccc(NC(=O)c3ccccc3SCc3cc(C)no3)cc2)cc1. The van der Waals surface area contributed by atoms with Crippen LogP contribution in [0.2, 0.25) is 0 Å². The molecule has 0 aliphatic carbocycles. The van der Waals surface area contributed by atoms with Crippen molar-refractivity contribution in [2.45, 2.75) is 29.4 Å². The van der Waals surface area contributed by atoms with Crippen LogP contribution < -0.4 is 10.0 Å². The predicted molar refractivity (Wildman–Crippen MR) is 134 cm³/mol. The van der Waals surface area contributed by atoms with E-state index in [1.54, 1.807) is 60.7 Å². The third-order valence-electron chi connectivity index (χ3n) is 4.90. The minimum absolute atomic E-state index is 0.185. The second-order valence-electron chi connectivity index (χ2n) is 7.67. The molecule has 1 amide bonds. The Morgan fingerprint density at radius 2 is 1.62 bits per heavy atom. The van der Waals surface area contributed by atoms with E-state index >= 15 is 0 Å². The van der Waals surface area contributed by atoms with Gasteiger partial charge in [0.15, 0.2) is 0 Å². The van der Waals surface area contributed by atoms with Gasteiger partial charge in [0.25, 0.3) is 15.9 Å². The lowest BCUT2D eigenvalue weighted by molar-refractivity contribution is 0.102. The van der Waals surface area contributed by atoms with Crippen molar-refractivity contribution in [1.29, 1.82) is 0 Å². The van der Waals surface area contributed by atoms with E-state index in [1.807, 2.05) is 32.0 Å². The number of aryl methyl sites for hydroxylation is 2. The number of aromatic nitrogens is 1. The number of anilines is 2. The Hall–Kier alpha value is -3.56. The molecule has 0 bridgehead atoms. The lowest BCUT2D eigenvalue weighted by atomic mass is 10.2. The molecule has 2 N–H and O–H groups in total. The Morgan fingerprint density at radius 1 is 0.941 bits per heavy atom. The van der Waals surface area contributed by atoms with Crippen LogP contribution in [0.15, 0.2) is 93.2 Å². The molecule has 7 nitrogen and oxygen atoms in total. The minimum atomic E-state index is -3.69. The highest BCUT2D eigenvalue weighted by Gasteiger charge is 2.15. The number of carbonyl (C=O) groups excluding carboxylic acids is 1. The molecule has 9 heteroatoms. The summed E-state index contributed by atoms with van der Waals surface area (Å²) in [5.41, 5.74) is 3.28. The molecule has 4 aromatic rings. The van der Waals surface area contributed by atoms with Gasteiger partial charge in [-0.3, -0.25) is 9.52 Å². The molecule has 0 radical (unpaired) electrons. The molecule has 0 saturated carbocycles. The van der Waals surface area contributed by atoms with Crippen molar-refractivity contribution >= 4 is 39.1 Å². The first-order valence-corrected chi connectivity index (χ1v) is 12.9. The first-order chi connectivity index (χ1) is 16.3. The Bertz CT molecular complexity index is 1400. The van der Waals surface area contributed by atoms with Crippen molar-refractivity contribution < 1.29 is 17.7 Å². The summed E-state index contributed by atoms with van der Waals surface area (Å²) in [7, 11) is -3.69. The predicted octanol–water partition coefficient (Wildman–Crippen LogP) is 5.64. The van der Waals surface area contributed by atoms with Crippen LogP contribution in [0.3, 0.4) is 0 Å². The quantitative estimate of drug-likeness (QED) is 0.308. The molecule has 174 valence electrons. The first-order valence-electron chi connectivity index (χ1n) is 10.4. The molecule has 1 heterocycles. The number of nitrogens with zero attached hydrogens (tertiary/aromatic N) is 1. The van der Waals surface area contributed by atoms with E-state index in [4.69, 9.17) is 4.52 Å². The molecule has 0 fully saturated rings. The van der Waals surface area contributed by atoms with Gasteiger partial charge in [-0.1, -0.05) is 35.0 Å². The number of amides is 1. The van der Waals surface area contributed by atoms with E-state index in [1.165, 1.54) is 11.8 Å². The number of rotatable bonds is 8. The van der Waals surface area contributed by atoms with E-state index in [0.717, 1.165) is 21.9 Å². The minimum Gasteiger partial charge on any atom is -0.360 e. The molecule has 0 saturated heterocycles. The fourth-order valence-corrected chi connectivity index (χ4v) is 5.15. The maximum absolute atomic E-state index is 12.9. The van der Waals surface area contributed by atoms with Gasteiger partial charge in [-0.25, -0.2) is 8.42 Å². The van der Waals surface area contributed by atoms with Crippen molar-refractivity contribution in [3.05, 3.63) is 101 Å². The Balaban J connectivity index is 1.41. The van der Waals surface area contributed by atoms with Gasteiger partial charge in [-0.2, -0.15) is 0 Å². The molecule has 4 rings (SSSR count). The second kappa shape index (κ2) is 10.1. The van der Waals surface area contributed by atoms with E-state index in [0.29, 0.717) is 22.7 Å². The van der Waals surface area contributed by atoms with Gasteiger partial charge in [-0.15, -0.1) is 11.8 Å². The standard InChI is InChI=1S/C25H23N3O4S2/c1-17-7-13-22(14-8-17)34(30,31)28-20-11-9-19(10-12-20)26-25(29)23-5-3-4-6-24(23)33-16-21-15-18(2)27-32-21/h3-15,28H,16H2,1-2H3,(H,26,29). The number of benzene rings is 3. The number of sulfonamides is 1. The molecule has 3 aromatic carbocycles. The normalized spacial score (nSPS) is 11.2. The summed E-state index contributed by atoms with van der Waals surface area (Å²) in [6.45, 7) is 3.75. The summed E-state index contributed by atoms with van der Waals surface area (Å²) in [5, 5.41) is 6.75. The van der Waals surface area contributed by atoms with Gasteiger partial charge >= 0.3 is 0 Å². The van der Waals surface area contributed by atoms with Crippen LogP contribution in [0.4, 0.5) is 11.4 Å².